The van der Waals surface area contributed by atoms with E-state index < -0.39 is 5.97 Å². The number of ether oxygens (including phenoxy) is 4. The van der Waals surface area contributed by atoms with Crippen molar-refractivity contribution in [1.29, 1.82) is 0 Å². The van der Waals surface area contributed by atoms with Gasteiger partial charge in [0.15, 0.2) is 16.5 Å². The normalized spacial score (nSPS) is 12.8. The average Bonchev–Trinajstić information content (AvgIpc) is 3.08. The molecule has 0 fully saturated rings. The van der Waals surface area contributed by atoms with Crippen molar-refractivity contribution in [3.05, 3.63) is 44.8 Å². The number of hydrogen-bond donors (Lipinski definition) is 0. The largest absolute Gasteiger partial charge is 0.493 e. The third-order valence-electron chi connectivity index (χ3n) is 3.81. The number of carbonyl (C=O) groups excluding carboxylic acids is 1. The second kappa shape index (κ2) is 6.88. The third-order valence-corrected chi connectivity index (χ3v) is 4.69. The van der Waals surface area contributed by atoms with E-state index >= 15 is 0 Å². The van der Waals surface area contributed by atoms with Crippen LogP contribution in [0.25, 0.3) is 4.96 Å². The maximum absolute atomic E-state index is 12.4. The Bertz CT molecular complexity index is 1070. The summed E-state index contributed by atoms with van der Waals surface area (Å²) < 4.78 is 22.8. The monoisotopic (exact) mass is 389 g/mol. The van der Waals surface area contributed by atoms with Crippen LogP contribution in [-0.4, -0.2) is 40.9 Å². The Morgan fingerprint density at radius 1 is 1.30 bits per heavy atom. The molecule has 1 aliphatic rings. The van der Waals surface area contributed by atoms with Crippen LogP contribution in [0.1, 0.15) is 21.1 Å². The lowest BCUT2D eigenvalue weighted by molar-refractivity contribution is 0.0469. The fraction of sp³-hybridized carbons (Fsp3) is 0.294. The van der Waals surface area contributed by atoms with E-state index in [1.807, 2.05) is 0 Å². The molecule has 27 heavy (non-hydrogen) atoms. The van der Waals surface area contributed by atoms with E-state index in [0.29, 0.717) is 46.1 Å². The maximum Gasteiger partial charge on any atom is 0.338 e. The molecule has 0 spiro atoms. The van der Waals surface area contributed by atoms with Gasteiger partial charge in [0.05, 0.1) is 12.7 Å². The van der Waals surface area contributed by atoms with Gasteiger partial charge in [0.1, 0.15) is 19.8 Å². The van der Waals surface area contributed by atoms with Gasteiger partial charge in [-0.05, 0) is 19.1 Å². The summed E-state index contributed by atoms with van der Waals surface area (Å²) in [6.07, 6.45) is 0. The first-order valence-corrected chi connectivity index (χ1v) is 8.88. The predicted molar refractivity (Wildman–Crippen MR) is 95.0 cm³/mol. The number of fused-ring (bicyclic) bond motifs is 2. The fourth-order valence-corrected chi connectivity index (χ4v) is 3.48. The van der Waals surface area contributed by atoms with Crippen LogP contribution in [0.15, 0.2) is 23.0 Å². The first-order valence-electron chi connectivity index (χ1n) is 8.06. The van der Waals surface area contributed by atoms with Gasteiger partial charge in [0.25, 0.3) is 5.56 Å². The number of esters is 1. The van der Waals surface area contributed by atoms with Gasteiger partial charge in [-0.15, -0.1) is 0 Å². The maximum atomic E-state index is 12.4. The van der Waals surface area contributed by atoms with Gasteiger partial charge in [-0.25, -0.2) is 9.78 Å². The lowest BCUT2D eigenvalue weighted by atomic mass is 10.1. The van der Waals surface area contributed by atoms with E-state index in [0.717, 1.165) is 0 Å². The first-order chi connectivity index (χ1) is 13.0. The number of aromatic nitrogens is 3. The van der Waals surface area contributed by atoms with Gasteiger partial charge in [-0.2, -0.15) is 9.61 Å². The van der Waals surface area contributed by atoms with Crippen LogP contribution in [0, 0.1) is 6.92 Å². The molecule has 0 saturated carbocycles. The zero-order valence-corrected chi connectivity index (χ0v) is 15.4. The Kier molecular flexibility index (Phi) is 4.40. The molecule has 2 aromatic heterocycles. The van der Waals surface area contributed by atoms with Gasteiger partial charge in [-0.3, -0.25) is 4.79 Å². The number of benzene rings is 1. The Labute approximate surface area is 157 Å². The molecule has 9 nitrogen and oxygen atoms in total. The molecule has 1 aromatic carbocycles. The van der Waals surface area contributed by atoms with E-state index in [2.05, 4.69) is 10.1 Å². The minimum absolute atomic E-state index is 0.0812. The van der Waals surface area contributed by atoms with Crippen molar-refractivity contribution in [2.24, 2.45) is 0 Å². The lowest BCUT2D eigenvalue weighted by Crippen LogP contribution is -2.17. The third kappa shape index (κ3) is 3.31. The fourth-order valence-electron chi connectivity index (χ4n) is 2.62. The van der Waals surface area contributed by atoms with Gasteiger partial charge >= 0.3 is 5.97 Å². The van der Waals surface area contributed by atoms with Crippen LogP contribution in [-0.2, 0) is 11.3 Å². The van der Waals surface area contributed by atoms with Crippen LogP contribution < -0.4 is 19.8 Å². The highest BCUT2D eigenvalue weighted by Gasteiger charge is 2.22. The topological polar surface area (TPSA) is 101 Å². The molecule has 3 aromatic rings. The van der Waals surface area contributed by atoms with Crippen LogP contribution >= 0.6 is 11.3 Å². The van der Waals surface area contributed by atoms with E-state index in [9.17, 15) is 9.59 Å². The molecule has 0 bridgehead atoms. The molecular formula is C17H15N3O6S. The van der Waals surface area contributed by atoms with Gasteiger partial charge < -0.3 is 18.9 Å². The smallest absolute Gasteiger partial charge is 0.338 e. The minimum Gasteiger partial charge on any atom is -0.493 e. The molecule has 0 atom stereocenters. The summed E-state index contributed by atoms with van der Waals surface area (Å²) in [6, 6.07) is 4.47. The molecule has 140 valence electrons. The molecule has 0 aliphatic carbocycles. The molecule has 4 rings (SSSR count). The summed E-state index contributed by atoms with van der Waals surface area (Å²) in [7, 11) is 1.48. The molecule has 3 heterocycles. The second-order valence-electron chi connectivity index (χ2n) is 5.70. The number of hydrogen-bond acceptors (Lipinski definition) is 9. The molecule has 0 amide bonds. The summed E-state index contributed by atoms with van der Waals surface area (Å²) in [5, 5.41) is 4.60. The van der Waals surface area contributed by atoms with Crippen molar-refractivity contribution in [2.75, 3.05) is 20.3 Å². The number of aryl methyl sites for hydroxylation is 1. The molecular weight excluding hydrogens is 374 g/mol. The SMILES string of the molecule is COc1cc(C(=O)OCc2nn3c(=O)cc(C)nc3s2)cc2c1OCCO2. The van der Waals surface area contributed by atoms with Crippen molar-refractivity contribution in [1.82, 2.24) is 14.6 Å². The van der Waals surface area contributed by atoms with Crippen LogP contribution in [0.4, 0.5) is 0 Å². The first kappa shape index (κ1) is 17.3. The van der Waals surface area contributed by atoms with Crippen molar-refractivity contribution >= 4 is 22.3 Å². The van der Waals surface area contributed by atoms with Gasteiger partial charge in [0.2, 0.25) is 10.7 Å². The van der Waals surface area contributed by atoms with Crippen molar-refractivity contribution in [3.8, 4) is 17.2 Å². The van der Waals surface area contributed by atoms with Crippen molar-refractivity contribution < 1.29 is 23.7 Å². The van der Waals surface area contributed by atoms with E-state index in [-0.39, 0.29) is 17.7 Å². The Balaban J connectivity index is 1.54. The molecule has 0 N–H and O–H groups in total. The summed E-state index contributed by atoms with van der Waals surface area (Å²) in [6.45, 7) is 2.46. The van der Waals surface area contributed by atoms with Crippen molar-refractivity contribution in [3.63, 3.8) is 0 Å². The van der Waals surface area contributed by atoms with Crippen LogP contribution in [0.2, 0.25) is 0 Å². The quantitative estimate of drug-likeness (QED) is 0.620. The Morgan fingerprint density at radius 2 is 2.11 bits per heavy atom. The zero-order chi connectivity index (χ0) is 19.0. The average molecular weight is 389 g/mol. The minimum atomic E-state index is -0.569. The van der Waals surface area contributed by atoms with E-state index in [1.54, 1.807) is 13.0 Å². The number of methoxy groups -OCH3 is 1. The van der Waals surface area contributed by atoms with Gasteiger partial charge in [-0.1, -0.05) is 11.3 Å². The van der Waals surface area contributed by atoms with Gasteiger partial charge in [0, 0.05) is 11.8 Å². The Hall–Kier alpha value is -3.14. The predicted octanol–water partition coefficient (Wildman–Crippen LogP) is 1.60. The summed E-state index contributed by atoms with van der Waals surface area (Å²) in [5.74, 6) is 0.720. The second-order valence-corrected chi connectivity index (χ2v) is 6.75. The summed E-state index contributed by atoms with van der Waals surface area (Å²) in [5.41, 5.74) is 0.599. The van der Waals surface area contributed by atoms with E-state index in [4.69, 9.17) is 18.9 Å². The molecule has 1 aliphatic heterocycles. The van der Waals surface area contributed by atoms with Crippen molar-refractivity contribution in [2.45, 2.75) is 13.5 Å². The lowest BCUT2D eigenvalue weighted by Gasteiger charge is -2.21. The highest BCUT2D eigenvalue weighted by molar-refractivity contribution is 7.16. The van der Waals surface area contributed by atoms with Crippen LogP contribution in [0.3, 0.4) is 0 Å². The number of rotatable bonds is 4. The molecule has 10 heteroatoms. The standard InChI is InChI=1S/C17H15N3O6S/c1-9-5-14(21)20-17(18-9)27-13(19-20)8-26-16(22)10-6-11(23-2)15-12(7-10)24-3-4-25-15/h5-7H,3-4,8H2,1-2H3. The molecule has 0 saturated heterocycles. The number of carbonyl (C=O) groups is 1. The van der Waals surface area contributed by atoms with Crippen LogP contribution in [0.5, 0.6) is 17.2 Å². The molecule has 0 unspecified atom stereocenters. The zero-order valence-electron chi connectivity index (χ0n) is 14.6. The summed E-state index contributed by atoms with van der Waals surface area (Å²) in [4.78, 5) is 29.0. The number of nitrogens with zero attached hydrogens (tertiary/aromatic N) is 3. The summed E-state index contributed by atoms with van der Waals surface area (Å²) >= 11 is 1.19. The highest BCUT2D eigenvalue weighted by atomic mass is 32.1. The Morgan fingerprint density at radius 3 is 2.93 bits per heavy atom. The van der Waals surface area contributed by atoms with E-state index in [1.165, 1.54) is 35.1 Å². The highest BCUT2D eigenvalue weighted by Crippen LogP contribution is 2.40. The molecule has 0 radical (unpaired) electrons.